The van der Waals surface area contributed by atoms with Gasteiger partial charge in [0.1, 0.15) is 5.82 Å². The van der Waals surface area contributed by atoms with Crippen molar-refractivity contribution in [3.63, 3.8) is 0 Å². The molecule has 0 fully saturated rings. The number of halogens is 2. The van der Waals surface area contributed by atoms with Crippen LogP contribution in [-0.4, -0.2) is 23.4 Å². The van der Waals surface area contributed by atoms with E-state index in [-0.39, 0.29) is 12.1 Å². The van der Waals surface area contributed by atoms with E-state index in [1.54, 1.807) is 12.1 Å². The fourth-order valence-electron chi connectivity index (χ4n) is 2.07. The zero-order valence-corrected chi connectivity index (χ0v) is 15.9. The Morgan fingerprint density at radius 2 is 1.64 bits per heavy atom. The summed E-state index contributed by atoms with van der Waals surface area (Å²) in [6, 6.07) is 10.1. The third-order valence-corrected chi connectivity index (χ3v) is 3.94. The average molecular weight is 405 g/mol. The van der Waals surface area contributed by atoms with Crippen LogP contribution in [0.15, 0.2) is 47.6 Å². The van der Waals surface area contributed by atoms with Crippen LogP contribution in [0.1, 0.15) is 18.9 Å². The quantitative estimate of drug-likeness (QED) is 0.405. The summed E-state index contributed by atoms with van der Waals surface area (Å²) in [6.45, 7) is 3.33. The molecule has 146 valence electrons. The van der Waals surface area contributed by atoms with Crippen LogP contribution in [0.5, 0.6) is 0 Å². The number of anilines is 2. The van der Waals surface area contributed by atoms with E-state index < -0.39 is 23.5 Å². The molecule has 0 aromatic heterocycles. The number of hydrazone groups is 1. The molecule has 0 saturated carbocycles. The number of nitrogens with one attached hydrogen (secondary N) is 3. The Balaban J connectivity index is 1.84. The summed E-state index contributed by atoms with van der Waals surface area (Å²) < 4.78 is 12.8. The molecule has 0 saturated heterocycles. The molecule has 0 heterocycles. The van der Waals surface area contributed by atoms with Crippen LogP contribution in [0, 0.1) is 12.7 Å². The standard InChI is InChI=1S/C19H18ClFN4O3/c1-11-3-6-15(10-16(11)20)23-18(27)19(28)25-24-12(2)9-17(26)22-14-7-4-13(21)5-8-14/h3-8,10H,9H2,1-2H3,(H,22,26)(H,23,27)(H,25,28). The lowest BCUT2D eigenvalue weighted by Gasteiger charge is -2.07. The van der Waals surface area contributed by atoms with E-state index in [0.717, 1.165) is 5.56 Å². The van der Waals surface area contributed by atoms with E-state index in [1.807, 2.05) is 6.92 Å². The highest BCUT2D eigenvalue weighted by Crippen LogP contribution is 2.19. The monoisotopic (exact) mass is 404 g/mol. The van der Waals surface area contributed by atoms with Gasteiger partial charge in [-0.2, -0.15) is 5.10 Å². The van der Waals surface area contributed by atoms with Crippen molar-refractivity contribution < 1.29 is 18.8 Å². The van der Waals surface area contributed by atoms with Gasteiger partial charge in [0, 0.05) is 22.1 Å². The zero-order chi connectivity index (χ0) is 20.7. The molecule has 0 bridgehead atoms. The van der Waals surface area contributed by atoms with Crippen molar-refractivity contribution in [2.24, 2.45) is 5.10 Å². The van der Waals surface area contributed by atoms with Gasteiger partial charge in [0.15, 0.2) is 0 Å². The van der Waals surface area contributed by atoms with Crippen LogP contribution in [0.3, 0.4) is 0 Å². The number of aryl methyl sites for hydroxylation is 1. The second-order valence-electron chi connectivity index (χ2n) is 5.94. The normalized spacial score (nSPS) is 10.9. The number of amides is 3. The molecular weight excluding hydrogens is 387 g/mol. The number of carbonyl (C=O) groups excluding carboxylic acids is 3. The van der Waals surface area contributed by atoms with Gasteiger partial charge in [-0.05, 0) is 55.8 Å². The third-order valence-electron chi connectivity index (χ3n) is 3.53. The smallest absolute Gasteiger partial charge is 0.326 e. The topological polar surface area (TPSA) is 99.7 Å². The summed E-state index contributed by atoms with van der Waals surface area (Å²) in [6.07, 6.45) is -0.118. The Morgan fingerprint density at radius 3 is 2.29 bits per heavy atom. The highest BCUT2D eigenvalue weighted by molar-refractivity contribution is 6.40. The van der Waals surface area contributed by atoms with Gasteiger partial charge < -0.3 is 10.6 Å². The minimum atomic E-state index is -0.991. The molecule has 0 atom stereocenters. The van der Waals surface area contributed by atoms with E-state index in [1.165, 1.54) is 37.3 Å². The highest BCUT2D eigenvalue weighted by Gasteiger charge is 2.14. The van der Waals surface area contributed by atoms with Crippen molar-refractivity contribution >= 4 is 46.4 Å². The Kier molecular flexibility index (Phi) is 7.22. The molecule has 9 heteroatoms. The first-order valence-corrected chi connectivity index (χ1v) is 8.58. The molecule has 3 N–H and O–H groups in total. The Morgan fingerprint density at radius 1 is 1.00 bits per heavy atom. The van der Waals surface area contributed by atoms with Gasteiger partial charge in [-0.25, -0.2) is 9.82 Å². The molecule has 0 aliphatic heterocycles. The van der Waals surface area contributed by atoms with Gasteiger partial charge in [-0.1, -0.05) is 17.7 Å². The predicted molar refractivity (Wildman–Crippen MR) is 106 cm³/mol. The SMILES string of the molecule is CC(CC(=O)Nc1ccc(F)cc1)=NNC(=O)C(=O)Nc1ccc(C)c(Cl)c1. The second kappa shape index (κ2) is 9.61. The van der Waals surface area contributed by atoms with Gasteiger partial charge in [0.05, 0.1) is 6.42 Å². The Labute approximate surface area is 166 Å². The molecule has 2 rings (SSSR count). The molecule has 7 nitrogen and oxygen atoms in total. The third kappa shape index (κ3) is 6.48. The molecule has 28 heavy (non-hydrogen) atoms. The number of rotatable bonds is 5. The molecule has 0 aliphatic carbocycles. The number of carbonyl (C=O) groups is 3. The second-order valence-corrected chi connectivity index (χ2v) is 6.35. The molecule has 2 aromatic rings. The Hall–Kier alpha value is -3.26. The van der Waals surface area contributed by atoms with Crippen LogP contribution in [0.25, 0.3) is 0 Å². The van der Waals surface area contributed by atoms with Crippen LogP contribution < -0.4 is 16.1 Å². The fraction of sp³-hybridized carbons (Fsp3) is 0.158. The van der Waals surface area contributed by atoms with Crippen molar-refractivity contribution in [3.05, 3.63) is 58.9 Å². The summed E-state index contributed by atoms with van der Waals surface area (Å²) in [4.78, 5) is 35.6. The van der Waals surface area contributed by atoms with E-state index >= 15 is 0 Å². The van der Waals surface area contributed by atoms with Crippen molar-refractivity contribution in [2.45, 2.75) is 20.3 Å². The van der Waals surface area contributed by atoms with Crippen molar-refractivity contribution in [3.8, 4) is 0 Å². The zero-order valence-electron chi connectivity index (χ0n) is 15.2. The summed E-state index contributed by atoms with van der Waals surface area (Å²) in [5, 5.41) is 9.14. The summed E-state index contributed by atoms with van der Waals surface area (Å²) in [5.74, 6) is -2.73. The van der Waals surface area contributed by atoms with E-state index in [4.69, 9.17) is 11.6 Å². The fourth-order valence-corrected chi connectivity index (χ4v) is 2.25. The maximum atomic E-state index is 12.8. The van der Waals surface area contributed by atoms with Gasteiger partial charge in [0.2, 0.25) is 5.91 Å². The van der Waals surface area contributed by atoms with Crippen molar-refractivity contribution in [1.82, 2.24) is 5.43 Å². The molecule has 0 spiro atoms. The summed E-state index contributed by atoms with van der Waals surface area (Å²) >= 11 is 5.96. The molecule has 0 radical (unpaired) electrons. The van der Waals surface area contributed by atoms with Gasteiger partial charge in [0.25, 0.3) is 0 Å². The van der Waals surface area contributed by atoms with Crippen LogP contribution >= 0.6 is 11.6 Å². The lowest BCUT2D eigenvalue weighted by atomic mass is 10.2. The Bertz CT molecular complexity index is 929. The first-order chi connectivity index (χ1) is 13.2. The first kappa shape index (κ1) is 21.0. The van der Waals surface area contributed by atoms with E-state index in [9.17, 15) is 18.8 Å². The molecule has 0 aliphatic rings. The van der Waals surface area contributed by atoms with Crippen LogP contribution in [0.2, 0.25) is 5.02 Å². The maximum Gasteiger partial charge on any atom is 0.329 e. The van der Waals surface area contributed by atoms with E-state index in [2.05, 4.69) is 21.2 Å². The largest absolute Gasteiger partial charge is 0.329 e. The lowest BCUT2D eigenvalue weighted by Crippen LogP contribution is -2.33. The lowest BCUT2D eigenvalue weighted by molar-refractivity contribution is -0.136. The molecule has 2 aromatic carbocycles. The molecule has 3 amide bonds. The average Bonchev–Trinajstić information content (AvgIpc) is 2.64. The van der Waals surface area contributed by atoms with Gasteiger partial charge in [-0.15, -0.1) is 0 Å². The van der Waals surface area contributed by atoms with Gasteiger partial charge in [-0.3, -0.25) is 14.4 Å². The van der Waals surface area contributed by atoms with Gasteiger partial charge >= 0.3 is 11.8 Å². The highest BCUT2D eigenvalue weighted by atomic mass is 35.5. The summed E-state index contributed by atoms with van der Waals surface area (Å²) in [5.41, 5.74) is 3.99. The minimum absolute atomic E-state index is 0.118. The predicted octanol–water partition coefficient (Wildman–Crippen LogP) is 3.25. The number of hydrogen-bond donors (Lipinski definition) is 3. The number of benzene rings is 2. The number of hydrogen-bond acceptors (Lipinski definition) is 4. The summed E-state index contributed by atoms with van der Waals surface area (Å²) in [7, 11) is 0. The maximum absolute atomic E-state index is 12.8. The van der Waals surface area contributed by atoms with Crippen molar-refractivity contribution in [1.29, 1.82) is 0 Å². The minimum Gasteiger partial charge on any atom is -0.326 e. The van der Waals surface area contributed by atoms with E-state index in [0.29, 0.717) is 16.4 Å². The van der Waals surface area contributed by atoms with Crippen LogP contribution in [-0.2, 0) is 14.4 Å². The van der Waals surface area contributed by atoms with Crippen LogP contribution in [0.4, 0.5) is 15.8 Å². The van der Waals surface area contributed by atoms with Crippen molar-refractivity contribution in [2.75, 3.05) is 10.6 Å². The number of nitrogens with zero attached hydrogens (tertiary/aromatic N) is 1. The molecule has 0 unspecified atom stereocenters. The molecular formula is C19H18ClFN4O3. The first-order valence-electron chi connectivity index (χ1n) is 8.20.